The van der Waals surface area contributed by atoms with E-state index >= 15 is 0 Å². The molecule has 0 bridgehead atoms. The molecular formula is C19H27N5O3. The van der Waals surface area contributed by atoms with Crippen LogP contribution in [0.2, 0.25) is 0 Å². The second kappa shape index (κ2) is 9.25. The third kappa shape index (κ3) is 5.60. The number of amides is 1. The molecule has 1 fully saturated rings. The van der Waals surface area contributed by atoms with Crippen molar-refractivity contribution in [3.63, 3.8) is 0 Å². The maximum atomic E-state index is 12.2. The molecule has 0 radical (unpaired) electrons. The summed E-state index contributed by atoms with van der Waals surface area (Å²) in [5.74, 6) is 0.0124. The van der Waals surface area contributed by atoms with E-state index in [9.17, 15) is 9.59 Å². The Morgan fingerprint density at radius 2 is 2.00 bits per heavy atom. The number of anilines is 2. The zero-order chi connectivity index (χ0) is 19.1. The first-order valence-corrected chi connectivity index (χ1v) is 9.52. The summed E-state index contributed by atoms with van der Waals surface area (Å²) in [4.78, 5) is 31.3. The highest BCUT2D eigenvalue weighted by Gasteiger charge is 2.21. The maximum absolute atomic E-state index is 12.2. The fourth-order valence-corrected chi connectivity index (χ4v) is 3.30. The first-order valence-electron chi connectivity index (χ1n) is 9.52. The van der Waals surface area contributed by atoms with Gasteiger partial charge in [0.05, 0.1) is 0 Å². The van der Waals surface area contributed by atoms with E-state index in [1.54, 1.807) is 0 Å². The van der Waals surface area contributed by atoms with Crippen LogP contribution in [0.4, 0.5) is 11.4 Å². The summed E-state index contributed by atoms with van der Waals surface area (Å²) in [5.41, 5.74) is 2.11. The van der Waals surface area contributed by atoms with E-state index in [0.717, 1.165) is 49.9 Å². The van der Waals surface area contributed by atoms with E-state index < -0.39 is 5.97 Å². The smallest absolute Gasteiger partial charge is 0.303 e. The fraction of sp³-hybridized carbons (Fsp3) is 0.526. The van der Waals surface area contributed by atoms with Crippen LogP contribution in [0, 0.1) is 0 Å². The fourth-order valence-electron chi connectivity index (χ4n) is 3.30. The van der Waals surface area contributed by atoms with E-state index in [-0.39, 0.29) is 12.3 Å². The van der Waals surface area contributed by atoms with Crippen molar-refractivity contribution < 1.29 is 14.7 Å². The number of hydrogen-bond acceptors (Lipinski definition) is 6. The molecule has 2 heterocycles. The van der Waals surface area contributed by atoms with E-state index in [2.05, 4.69) is 32.7 Å². The van der Waals surface area contributed by atoms with Gasteiger partial charge in [-0.05, 0) is 31.0 Å². The van der Waals surface area contributed by atoms with Crippen LogP contribution in [0.15, 0.2) is 29.3 Å². The zero-order valence-corrected chi connectivity index (χ0v) is 15.5. The van der Waals surface area contributed by atoms with Gasteiger partial charge in [0.15, 0.2) is 5.96 Å². The SMILES string of the molecule is O=C(O)CCCC(=O)N1CCN(c2cccc(NC3=NCCCN3)c2)CC1. The molecule has 2 aliphatic rings. The summed E-state index contributed by atoms with van der Waals surface area (Å²) in [6, 6.07) is 8.21. The normalized spacial score (nSPS) is 17.1. The highest BCUT2D eigenvalue weighted by molar-refractivity contribution is 5.94. The minimum absolute atomic E-state index is 0.0473. The number of carbonyl (C=O) groups is 2. The Bertz CT molecular complexity index is 698. The number of piperazine rings is 1. The standard InChI is InChI=1S/C19H27N5O3/c25-17(6-2-7-18(26)27)24-12-10-23(11-13-24)16-5-1-4-15(14-16)22-19-20-8-3-9-21-19/h1,4-5,14H,2-3,6-13H2,(H,26,27)(H2,20,21,22). The Morgan fingerprint density at radius 3 is 2.70 bits per heavy atom. The van der Waals surface area contributed by atoms with Crippen molar-refractivity contribution in [2.45, 2.75) is 25.7 Å². The van der Waals surface area contributed by atoms with E-state index in [1.807, 2.05) is 17.0 Å². The van der Waals surface area contributed by atoms with Crippen molar-refractivity contribution >= 4 is 29.2 Å². The van der Waals surface area contributed by atoms with Crippen molar-refractivity contribution in [2.24, 2.45) is 4.99 Å². The molecule has 8 nitrogen and oxygen atoms in total. The van der Waals surface area contributed by atoms with Crippen molar-refractivity contribution in [3.05, 3.63) is 24.3 Å². The molecule has 3 N–H and O–H groups in total. The number of benzene rings is 1. The van der Waals surface area contributed by atoms with Crippen molar-refractivity contribution in [1.82, 2.24) is 10.2 Å². The lowest BCUT2D eigenvalue weighted by molar-refractivity contribution is -0.137. The van der Waals surface area contributed by atoms with Crippen molar-refractivity contribution in [3.8, 4) is 0 Å². The first-order chi connectivity index (χ1) is 13.1. The van der Waals surface area contributed by atoms with Gasteiger partial charge in [-0.1, -0.05) is 6.07 Å². The van der Waals surface area contributed by atoms with Gasteiger partial charge in [0, 0.05) is 63.5 Å². The summed E-state index contributed by atoms with van der Waals surface area (Å²) < 4.78 is 0. The minimum Gasteiger partial charge on any atom is -0.481 e. The number of rotatable bonds is 6. The predicted molar refractivity (Wildman–Crippen MR) is 105 cm³/mol. The topological polar surface area (TPSA) is 97.3 Å². The number of nitrogens with one attached hydrogen (secondary N) is 2. The number of aliphatic carboxylic acids is 1. The molecule has 146 valence electrons. The quantitative estimate of drug-likeness (QED) is 0.696. The highest BCUT2D eigenvalue weighted by Crippen LogP contribution is 2.21. The molecule has 0 atom stereocenters. The van der Waals surface area contributed by atoms with Gasteiger partial charge in [0.1, 0.15) is 0 Å². The van der Waals surface area contributed by atoms with Gasteiger partial charge in [0.2, 0.25) is 5.91 Å². The van der Waals surface area contributed by atoms with E-state index in [4.69, 9.17) is 5.11 Å². The van der Waals surface area contributed by atoms with Crippen LogP contribution in [0.25, 0.3) is 0 Å². The number of nitrogens with zero attached hydrogens (tertiary/aromatic N) is 3. The number of guanidine groups is 1. The zero-order valence-electron chi connectivity index (χ0n) is 15.5. The summed E-state index contributed by atoms with van der Waals surface area (Å²) in [7, 11) is 0. The molecule has 0 aliphatic carbocycles. The van der Waals surface area contributed by atoms with Gasteiger partial charge in [-0.25, -0.2) is 0 Å². The second-order valence-electron chi connectivity index (χ2n) is 6.80. The lowest BCUT2D eigenvalue weighted by atomic mass is 10.2. The van der Waals surface area contributed by atoms with Gasteiger partial charge in [-0.15, -0.1) is 0 Å². The Balaban J connectivity index is 1.50. The van der Waals surface area contributed by atoms with Crippen molar-refractivity contribution in [1.29, 1.82) is 0 Å². The molecule has 0 unspecified atom stereocenters. The molecule has 2 aliphatic heterocycles. The van der Waals surface area contributed by atoms with Crippen LogP contribution in [-0.2, 0) is 9.59 Å². The monoisotopic (exact) mass is 373 g/mol. The second-order valence-corrected chi connectivity index (χ2v) is 6.80. The number of hydrogen-bond donors (Lipinski definition) is 3. The Hall–Kier alpha value is -2.77. The number of carboxylic acid groups (broad SMARTS) is 1. The van der Waals surface area contributed by atoms with Crippen LogP contribution in [0.3, 0.4) is 0 Å². The number of aliphatic imine (C=N–C) groups is 1. The Labute approximate surface area is 159 Å². The van der Waals surface area contributed by atoms with Gasteiger partial charge in [-0.2, -0.15) is 0 Å². The summed E-state index contributed by atoms with van der Waals surface area (Å²) in [6.45, 7) is 4.65. The summed E-state index contributed by atoms with van der Waals surface area (Å²) >= 11 is 0. The molecule has 1 aromatic rings. The molecule has 1 saturated heterocycles. The van der Waals surface area contributed by atoms with Crippen LogP contribution in [0.5, 0.6) is 0 Å². The first kappa shape index (κ1) is 19.0. The molecule has 3 rings (SSSR count). The van der Waals surface area contributed by atoms with Crippen LogP contribution < -0.4 is 15.5 Å². The number of carboxylic acids is 1. The molecule has 0 saturated carbocycles. The van der Waals surface area contributed by atoms with Crippen LogP contribution in [0.1, 0.15) is 25.7 Å². The summed E-state index contributed by atoms with van der Waals surface area (Å²) in [5, 5.41) is 15.2. The van der Waals surface area contributed by atoms with Crippen LogP contribution >= 0.6 is 0 Å². The van der Waals surface area contributed by atoms with E-state index in [1.165, 1.54) is 0 Å². The van der Waals surface area contributed by atoms with Crippen LogP contribution in [-0.4, -0.2) is 67.1 Å². The maximum Gasteiger partial charge on any atom is 0.303 e. The largest absolute Gasteiger partial charge is 0.481 e. The molecular weight excluding hydrogens is 346 g/mol. The van der Waals surface area contributed by atoms with Gasteiger partial charge in [0.25, 0.3) is 0 Å². The summed E-state index contributed by atoms with van der Waals surface area (Å²) in [6.07, 6.45) is 1.82. The van der Waals surface area contributed by atoms with E-state index in [0.29, 0.717) is 25.9 Å². The molecule has 0 aromatic heterocycles. The van der Waals surface area contributed by atoms with Gasteiger partial charge in [-0.3, -0.25) is 14.6 Å². The molecule has 1 aromatic carbocycles. The average Bonchev–Trinajstić information content (AvgIpc) is 2.69. The minimum atomic E-state index is -0.851. The third-order valence-corrected chi connectivity index (χ3v) is 4.78. The average molecular weight is 373 g/mol. The third-order valence-electron chi connectivity index (χ3n) is 4.78. The molecule has 1 amide bonds. The lowest BCUT2D eigenvalue weighted by Crippen LogP contribution is -2.48. The number of carbonyl (C=O) groups excluding carboxylic acids is 1. The van der Waals surface area contributed by atoms with Gasteiger partial charge < -0.3 is 25.5 Å². The molecule has 0 spiro atoms. The highest BCUT2D eigenvalue weighted by atomic mass is 16.4. The Morgan fingerprint density at radius 1 is 1.19 bits per heavy atom. The molecule has 27 heavy (non-hydrogen) atoms. The lowest BCUT2D eigenvalue weighted by Gasteiger charge is -2.36. The van der Waals surface area contributed by atoms with Crippen molar-refractivity contribution in [2.75, 3.05) is 49.5 Å². The molecule has 8 heteroatoms. The predicted octanol–water partition coefficient (Wildman–Crippen LogP) is 1.35. The van der Waals surface area contributed by atoms with Gasteiger partial charge >= 0.3 is 5.97 Å². The Kier molecular flexibility index (Phi) is 6.51.